The van der Waals surface area contributed by atoms with Gasteiger partial charge >= 0.3 is 0 Å². The number of aromatic nitrogens is 3. The van der Waals surface area contributed by atoms with Gasteiger partial charge in [-0.05, 0) is 29.8 Å². The molecular weight excluding hydrogens is 264 g/mol. The molecule has 1 aromatic carbocycles. The number of anilines is 1. The second-order valence-corrected chi connectivity index (χ2v) is 4.62. The highest BCUT2D eigenvalue weighted by molar-refractivity contribution is 6.04. The van der Waals surface area contributed by atoms with E-state index in [4.69, 9.17) is 0 Å². The first-order valence-electron chi connectivity index (χ1n) is 6.57. The number of amides is 1. The number of imidazole rings is 1. The average Bonchev–Trinajstić information content (AvgIpc) is 3.02. The molecule has 2 aromatic heterocycles. The van der Waals surface area contributed by atoms with Crippen LogP contribution in [-0.4, -0.2) is 20.4 Å². The molecule has 0 aliphatic rings. The monoisotopic (exact) mass is 278 g/mol. The molecular formula is C16H14N4O. The lowest BCUT2D eigenvalue weighted by Gasteiger charge is -2.06. The minimum absolute atomic E-state index is 0.129. The Hall–Kier alpha value is -2.95. The van der Waals surface area contributed by atoms with Gasteiger partial charge in [0.05, 0.1) is 6.33 Å². The molecule has 5 heteroatoms. The quantitative estimate of drug-likeness (QED) is 0.798. The number of nitrogens with one attached hydrogen (secondary N) is 1. The Labute approximate surface area is 122 Å². The topological polar surface area (TPSA) is 59.8 Å². The van der Waals surface area contributed by atoms with Gasteiger partial charge in [-0.1, -0.05) is 12.1 Å². The standard InChI is InChI=1S/C16H14N4O/c21-16(19-15-5-7-17-8-6-15)14-3-1-13(2-4-14)11-20-10-9-18-12-20/h1-10,12H,11H2,(H,17,19,21). The van der Waals surface area contributed by atoms with Gasteiger partial charge in [-0.25, -0.2) is 4.98 Å². The summed E-state index contributed by atoms with van der Waals surface area (Å²) in [5.41, 5.74) is 2.48. The number of rotatable bonds is 4. The van der Waals surface area contributed by atoms with Crippen molar-refractivity contribution in [2.45, 2.75) is 6.54 Å². The summed E-state index contributed by atoms with van der Waals surface area (Å²) in [5, 5.41) is 2.83. The van der Waals surface area contributed by atoms with E-state index in [9.17, 15) is 4.79 Å². The lowest BCUT2D eigenvalue weighted by Crippen LogP contribution is -2.11. The van der Waals surface area contributed by atoms with Crippen LogP contribution in [0.4, 0.5) is 5.69 Å². The van der Waals surface area contributed by atoms with Crippen LogP contribution in [0.1, 0.15) is 15.9 Å². The molecule has 0 fully saturated rings. The average molecular weight is 278 g/mol. The Kier molecular flexibility index (Phi) is 3.73. The minimum Gasteiger partial charge on any atom is -0.333 e. The van der Waals surface area contributed by atoms with Gasteiger partial charge in [-0.15, -0.1) is 0 Å². The summed E-state index contributed by atoms with van der Waals surface area (Å²) in [6.07, 6.45) is 8.71. The highest BCUT2D eigenvalue weighted by atomic mass is 16.1. The maximum Gasteiger partial charge on any atom is 0.255 e. The molecule has 3 aromatic rings. The molecule has 104 valence electrons. The Morgan fingerprint density at radius 1 is 1.00 bits per heavy atom. The summed E-state index contributed by atoms with van der Waals surface area (Å²) < 4.78 is 1.98. The molecule has 2 heterocycles. The summed E-state index contributed by atoms with van der Waals surface area (Å²) >= 11 is 0. The number of carbonyl (C=O) groups excluding carboxylic acids is 1. The molecule has 0 aliphatic carbocycles. The van der Waals surface area contributed by atoms with E-state index in [1.165, 1.54) is 0 Å². The zero-order valence-electron chi connectivity index (χ0n) is 11.3. The van der Waals surface area contributed by atoms with Crippen LogP contribution in [-0.2, 0) is 6.54 Å². The van der Waals surface area contributed by atoms with Crippen LogP contribution < -0.4 is 5.32 Å². The normalized spacial score (nSPS) is 10.3. The minimum atomic E-state index is -0.129. The van der Waals surface area contributed by atoms with Crippen LogP contribution >= 0.6 is 0 Å². The number of hydrogen-bond acceptors (Lipinski definition) is 3. The smallest absolute Gasteiger partial charge is 0.255 e. The summed E-state index contributed by atoms with van der Waals surface area (Å²) in [7, 11) is 0. The highest BCUT2D eigenvalue weighted by Gasteiger charge is 2.05. The summed E-state index contributed by atoms with van der Waals surface area (Å²) in [5.74, 6) is -0.129. The Morgan fingerprint density at radius 3 is 2.43 bits per heavy atom. The molecule has 21 heavy (non-hydrogen) atoms. The molecule has 0 saturated carbocycles. The van der Waals surface area contributed by atoms with Crippen LogP contribution in [0.5, 0.6) is 0 Å². The third-order valence-corrected chi connectivity index (χ3v) is 3.08. The Bertz CT molecular complexity index is 706. The van der Waals surface area contributed by atoms with Crippen LogP contribution in [0.15, 0.2) is 67.5 Å². The number of benzene rings is 1. The van der Waals surface area contributed by atoms with Crippen LogP contribution in [0.3, 0.4) is 0 Å². The predicted molar refractivity (Wildman–Crippen MR) is 80.0 cm³/mol. The molecule has 1 N–H and O–H groups in total. The maximum absolute atomic E-state index is 12.1. The molecule has 0 atom stereocenters. The van der Waals surface area contributed by atoms with Gasteiger partial charge in [-0.3, -0.25) is 9.78 Å². The summed E-state index contributed by atoms with van der Waals surface area (Å²) in [6.45, 7) is 0.742. The molecule has 0 bridgehead atoms. The fourth-order valence-corrected chi connectivity index (χ4v) is 1.99. The van der Waals surface area contributed by atoms with Gasteiger partial charge < -0.3 is 9.88 Å². The van der Waals surface area contributed by atoms with Crippen LogP contribution in [0.2, 0.25) is 0 Å². The lowest BCUT2D eigenvalue weighted by molar-refractivity contribution is 0.102. The molecule has 0 radical (unpaired) electrons. The van der Waals surface area contributed by atoms with Crippen LogP contribution in [0.25, 0.3) is 0 Å². The van der Waals surface area contributed by atoms with Gasteiger partial charge in [-0.2, -0.15) is 0 Å². The molecule has 5 nitrogen and oxygen atoms in total. The van der Waals surface area contributed by atoms with Crippen molar-refractivity contribution in [2.75, 3.05) is 5.32 Å². The first-order chi connectivity index (χ1) is 10.3. The van der Waals surface area contributed by atoms with Crippen molar-refractivity contribution in [3.63, 3.8) is 0 Å². The molecule has 0 aliphatic heterocycles. The van der Waals surface area contributed by atoms with Gasteiger partial charge in [0.2, 0.25) is 0 Å². The van der Waals surface area contributed by atoms with Gasteiger partial charge in [0, 0.05) is 42.6 Å². The molecule has 0 saturated heterocycles. The van der Waals surface area contributed by atoms with Crippen molar-refractivity contribution >= 4 is 11.6 Å². The molecule has 1 amide bonds. The van der Waals surface area contributed by atoms with Gasteiger partial charge in [0.1, 0.15) is 0 Å². The van der Waals surface area contributed by atoms with E-state index in [2.05, 4.69) is 15.3 Å². The zero-order chi connectivity index (χ0) is 14.5. The fourth-order valence-electron chi connectivity index (χ4n) is 1.99. The lowest BCUT2D eigenvalue weighted by atomic mass is 10.1. The fraction of sp³-hybridized carbons (Fsp3) is 0.0625. The van der Waals surface area contributed by atoms with Crippen molar-refractivity contribution in [3.8, 4) is 0 Å². The molecule has 3 rings (SSSR count). The second kappa shape index (κ2) is 6.00. The van der Waals surface area contributed by atoms with Crippen molar-refractivity contribution in [3.05, 3.63) is 78.6 Å². The maximum atomic E-state index is 12.1. The third kappa shape index (κ3) is 3.33. The number of carbonyl (C=O) groups is 1. The number of hydrogen-bond donors (Lipinski definition) is 1. The van der Waals surface area contributed by atoms with Crippen LogP contribution in [0, 0.1) is 0 Å². The van der Waals surface area contributed by atoms with E-state index in [-0.39, 0.29) is 5.91 Å². The number of nitrogens with zero attached hydrogens (tertiary/aromatic N) is 3. The van der Waals surface area contributed by atoms with Crippen molar-refractivity contribution in [2.24, 2.45) is 0 Å². The zero-order valence-corrected chi connectivity index (χ0v) is 11.3. The van der Waals surface area contributed by atoms with E-state index in [0.717, 1.165) is 17.8 Å². The van der Waals surface area contributed by atoms with Crippen molar-refractivity contribution in [1.82, 2.24) is 14.5 Å². The summed E-state index contributed by atoms with van der Waals surface area (Å²) in [6, 6.07) is 11.0. The van der Waals surface area contributed by atoms with E-state index in [0.29, 0.717) is 5.56 Å². The third-order valence-electron chi connectivity index (χ3n) is 3.08. The highest BCUT2D eigenvalue weighted by Crippen LogP contribution is 2.10. The second-order valence-electron chi connectivity index (χ2n) is 4.62. The number of pyridine rings is 1. The Balaban J connectivity index is 1.67. The predicted octanol–water partition coefficient (Wildman–Crippen LogP) is 2.58. The molecule has 0 unspecified atom stereocenters. The summed E-state index contributed by atoms with van der Waals surface area (Å²) in [4.78, 5) is 20.0. The molecule has 0 spiro atoms. The van der Waals surface area contributed by atoms with E-state index < -0.39 is 0 Å². The van der Waals surface area contributed by atoms with E-state index >= 15 is 0 Å². The van der Waals surface area contributed by atoms with E-state index in [1.54, 1.807) is 37.1 Å². The van der Waals surface area contributed by atoms with E-state index in [1.807, 2.05) is 35.0 Å². The van der Waals surface area contributed by atoms with Gasteiger partial charge in [0.25, 0.3) is 5.91 Å². The van der Waals surface area contributed by atoms with Crippen molar-refractivity contribution in [1.29, 1.82) is 0 Å². The SMILES string of the molecule is O=C(Nc1ccncc1)c1ccc(Cn2ccnc2)cc1. The largest absolute Gasteiger partial charge is 0.333 e. The van der Waals surface area contributed by atoms with Crippen molar-refractivity contribution < 1.29 is 4.79 Å². The van der Waals surface area contributed by atoms with Gasteiger partial charge in [0.15, 0.2) is 0 Å². The first kappa shape index (κ1) is 13.1. The first-order valence-corrected chi connectivity index (χ1v) is 6.57. The Morgan fingerprint density at radius 2 is 1.76 bits per heavy atom.